The highest BCUT2D eigenvalue weighted by atomic mass is 16.2. The Labute approximate surface area is 102 Å². The number of nitrogens with one attached hydrogen (secondary N) is 1. The Balaban J connectivity index is 1.94. The van der Waals surface area contributed by atoms with E-state index in [9.17, 15) is 4.79 Å². The van der Waals surface area contributed by atoms with Gasteiger partial charge >= 0.3 is 0 Å². The first kappa shape index (κ1) is 12.0. The van der Waals surface area contributed by atoms with Gasteiger partial charge in [-0.2, -0.15) is 0 Å². The van der Waals surface area contributed by atoms with Gasteiger partial charge in [0, 0.05) is 37.6 Å². The van der Waals surface area contributed by atoms with Crippen molar-refractivity contribution in [1.29, 1.82) is 0 Å². The average Bonchev–Trinajstić information content (AvgIpc) is 2.32. The van der Waals surface area contributed by atoms with E-state index >= 15 is 0 Å². The maximum atomic E-state index is 12.1. The Kier molecular flexibility index (Phi) is 3.74. The number of piperazine rings is 1. The van der Waals surface area contributed by atoms with Crippen molar-refractivity contribution in [2.45, 2.75) is 26.3 Å². The van der Waals surface area contributed by atoms with Crippen LogP contribution in [0.1, 0.15) is 18.2 Å². The Bertz CT molecular complexity index is 388. The van der Waals surface area contributed by atoms with Crippen molar-refractivity contribution < 1.29 is 4.79 Å². The predicted octanol–water partition coefficient (Wildman–Crippen LogP) is 0.753. The van der Waals surface area contributed by atoms with Crippen molar-refractivity contribution in [2.75, 3.05) is 19.6 Å². The van der Waals surface area contributed by atoms with Gasteiger partial charge in [-0.3, -0.25) is 9.78 Å². The van der Waals surface area contributed by atoms with Gasteiger partial charge in [0.05, 0.1) is 6.42 Å². The molecule has 4 heteroatoms. The summed E-state index contributed by atoms with van der Waals surface area (Å²) in [6, 6.07) is 4.32. The summed E-state index contributed by atoms with van der Waals surface area (Å²) in [5.74, 6) is 0.198. The molecule has 1 atom stereocenters. The Morgan fingerprint density at radius 2 is 2.41 bits per heavy atom. The van der Waals surface area contributed by atoms with Gasteiger partial charge in [0.15, 0.2) is 0 Å². The van der Waals surface area contributed by atoms with Gasteiger partial charge in [-0.15, -0.1) is 0 Å². The molecule has 2 heterocycles. The number of aryl methyl sites for hydroxylation is 1. The second kappa shape index (κ2) is 5.27. The highest BCUT2D eigenvalue weighted by Crippen LogP contribution is 2.05. The van der Waals surface area contributed by atoms with Crippen LogP contribution in [0.4, 0.5) is 0 Å². The van der Waals surface area contributed by atoms with E-state index in [0.29, 0.717) is 12.5 Å². The molecule has 1 saturated heterocycles. The molecular weight excluding hydrogens is 214 g/mol. The van der Waals surface area contributed by atoms with Crippen LogP contribution in [0.2, 0.25) is 0 Å². The highest BCUT2D eigenvalue weighted by molar-refractivity contribution is 5.78. The van der Waals surface area contributed by atoms with Crippen LogP contribution < -0.4 is 5.32 Å². The zero-order valence-corrected chi connectivity index (χ0v) is 10.4. The summed E-state index contributed by atoms with van der Waals surface area (Å²) in [5, 5.41) is 3.33. The molecule has 0 aromatic carbocycles. The Morgan fingerprint density at radius 1 is 1.59 bits per heavy atom. The smallest absolute Gasteiger partial charge is 0.227 e. The van der Waals surface area contributed by atoms with Crippen LogP contribution >= 0.6 is 0 Å². The first-order valence-electron chi connectivity index (χ1n) is 6.08. The molecule has 1 aromatic rings. The van der Waals surface area contributed by atoms with Crippen molar-refractivity contribution in [1.82, 2.24) is 15.2 Å². The van der Waals surface area contributed by atoms with E-state index in [1.54, 1.807) is 6.20 Å². The van der Waals surface area contributed by atoms with E-state index in [0.717, 1.165) is 30.9 Å². The third-order valence-electron chi connectivity index (χ3n) is 3.05. The molecule has 0 radical (unpaired) electrons. The van der Waals surface area contributed by atoms with Gasteiger partial charge in [-0.25, -0.2) is 0 Å². The molecule has 0 spiro atoms. The molecule has 1 N–H and O–H groups in total. The largest absolute Gasteiger partial charge is 0.340 e. The number of nitrogens with zero attached hydrogens (tertiary/aromatic N) is 2. The molecule has 4 nitrogen and oxygen atoms in total. The second-order valence-corrected chi connectivity index (χ2v) is 4.68. The number of hydrogen-bond acceptors (Lipinski definition) is 3. The van der Waals surface area contributed by atoms with Crippen molar-refractivity contribution in [2.24, 2.45) is 0 Å². The summed E-state index contributed by atoms with van der Waals surface area (Å²) in [5.41, 5.74) is 1.98. The summed E-state index contributed by atoms with van der Waals surface area (Å²) in [7, 11) is 0. The minimum atomic E-state index is 0.198. The second-order valence-electron chi connectivity index (χ2n) is 4.68. The third kappa shape index (κ3) is 3.27. The number of carbonyl (C=O) groups is 1. The zero-order valence-electron chi connectivity index (χ0n) is 10.4. The monoisotopic (exact) mass is 233 g/mol. The van der Waals surface area contributed by atoms with Crippen LogP contribution in [0.15, 0.2) is 18.3 Å². The van der Waals surface area contributed by atoms with Gasteiger partial charge in [0.2, 0.25) is 5.91 Å². The fourth-order valence-corrected chi connectivity index (χ4v) is 2.05. The van der Waals surface area contributed by atoms with Gasteiger partial charge in [-0.1, -0.05) is 6.07 Å². The molecule has 0 unspecified atom stereocenters. The van der Waals surface area contributed by atoms with Crippen LogP contribution in [0.3, 0.4) is 0 Å². The summed E-state index contributed by atoms with van der Waals surface area (Å²) < 4.78 is 0. The lowest BCUT2D eigenvalue weighted by Gasteiger charge is -2.32. The number of carbonyl (C=O) groups excluding carboxylic acids is 1. The SMILES string of the molecule is Cc1ccc(CC(=O)N2CCN[C@H](C)C2)cn1. The van der Waals surface area contributed by atoms with Crippen LogP contribution in [-0.2, 0) is 11.2 Å². The molecular formula is C13H19N3O. The summed E-state index contributed by atoms with van der Waals surface area (Å²) >= 11 is 0. The minimum absolute atomic E-state index is 0.198. The molecule has 1 aliphatic heterocycles. The van der Waals surface area contributed by atoms with E-state index in [-0.39, 0.29) is 5.91 Å². The van der Waals surface area contributed by atoms with E-state index in [2.05, 4.69) is 17.2 Å². The fraction of sp³-hybridized carbons (Fsp3) is 0.538. The molecule has 1 amide bonds. The van der Waals surface area contributed by atoms with Gasteiger partial charge < -0.3 is 10.2 Å². The maximum Gasteiger partial charge on any atom is 0.227 e. The summed E-state index contributed by atoms with van der Waals surface area (Å²) in [6.45, 7) is 6.55. The topological polar surface area (TPSA) is 45.2 Å². The van der Waals surface area contributed by atoms with Crippen LogP contribution in [0, 0.1) is 6.92 Å². The molecule has 92 valence electrons. The quantitative estimate of drug-likeness (QED) is 0.820. The molecule has 1 aliphatic rings. The van der Waals surface area contributed by atoms with Gasteiger partial charge in [0.1, 0.15) is 0 Å². The molecule has 2 rings (SSSR count). The predicted molar refractivity (Wildman–Crippen MR) is 66.7 cm³/mol. The van der Waals surface area contributed by atoms with E-state index < -0.39 is 0 Å². The van der Waals surface area contributed by atoms with Crippen LogP contribution in [0.25, 0.3) is 0 Å². The standard InChI is InChI=1S/C13H19N3O/c1-10-3-4-12(8-15-10)7-13(17)16-6-5-14-11(2)9-16/h3-4,8,11,14H,5-7,9H2,1-2H3/t11-/m1/s1. The van der Waals surface area contributed by atoms with Gasteiger partial charge in [0.25, 0.3) is 0 Å². The molecule has 1 aromatic heterocycles. The lowest BCUT2D eigenvalue weighted by molar-refractivity contribution is -0.131. The Hall–Kier alpha value is -1.42. The lowest BCUT2D eigenvalue weighted by atomic mass is 10.1. The number of aromatic nitrogens is 1. The van der Waals surface area contributed by atoms with Crippen LogP contribution in [-0.4, -0.2) is 41.5 Å². The van der Waals surface area contributed by atoms with Crippen molar-refractivity contribution >= 4 is 5.91 Å². The van der Waals surface area contributed by atoms with Crippen molar-refractivity contribution in [3.05, 3.63) is 29.6 Å². The summed E-state index contributed by atoms with van der Waals surface area (Å²) in [4.78, 5) is 18.2. The first-order chi connectivity index (χ1) is 8.15. The number of hydrogen-bond donors (Lipinski definition) is 1. The fourth-order valence-electron chi connectivity index (χ4n) is 2.05. The third-order valence-corrected chi connectivity index (χ3v) is 3.05. The summed E-state index contributed by atoms with van der Waals surface area (Å²) in [6.07, 6.45) is 2.25. The van der Waals surface area contributed by atoms with Crippen molar-refractivity contribution in [3.8, 4) is 0 Å². The molecule has 0 bridgehead atoms. The van der Waals surface area contributed by atoms with E-state index in [1.807, 2.05) is 24.0 Å². The van der Waals surface area contributed by atoms with Crippen molar-refractivity contribution in [3.63, 3.8) is 0 Å². The maximum absolute atomic E-state index is 12.1. The first-order valence-corrected chi connectivity index (χ1v) is 6.08. The van der Waals surface area contributed by atoms with Crippen LogP contribution in [0.5, 0.6) is 0 Å². The number of pyridine rings is 1. The molecule has 1 fully saturated rings. The average molecular weight is 233 g/mol. The van der Waals surface area contributed by atoms with Gasteiger partial charge in [-0.05, 0) is 25.5 Å². The Morgan fingerprint density at radius 3 is 3.06 bits per heavy atom. The normalized spacial score (nSPS) is 20.4. The lowest BCUT2D eigenvalue weighted by Crippen LogP contribution is -2.51. The minimum Gasteiger partial charge on any atom is -0.340 e. The molecule has 0 aliphatic carbocycles. The van der Waals surface area contributed by atoms with E-state index in [1.165, 1.54) is 0 Å². The molecule has 0 saturated carbocycles. The number of rotatable bonds is 2. The number of amides is 1. The van der Waals surface area contributed by atoms with E-state index in [4.69, 9.17) is 0 Å². The molecule has 17 heavy (non-hydrogen) atoms. The zero-order chi connectivity index (χ0) is 12.3. The highest BCUT2D eigenvalue weighted by Gasteiger charge is 2.20.